The third-order valence-electron chi connectivity index (χ3n) is 11.6. The van der Waals surface area contributed by atoms with Gasteiger partial charge < -0.3 is 14.9 Å². The summed E-state index contributed by atoms with van der Waals surface area (Å²) in [6, 6.07) is 0. The van der Waals surface area contributed by atoms with Gasteiger partial charge in [0.1, 0.15) is 11.7 Å². The predicted octanol–water partition coefficient (Wildman–Crippen LogP) is 4.99. The van der Waals surface area contributed by atoms with Gasteiger partial charge in [-0.15, -0.1) is 0 Å². The quantitative estimate of drug-likeness (QED) is 0.682. The molecule has 150 valence electrons. The van der Waals surface area contributed by atoms with Crippen LogP contribution in [0.1, 0.15) is 78.1 Å². The summed E-state index contributed by atoms with van der Waals surface area (Å²) in [6.45, 7) is 4.90. The molecule has 0 saturated heterocycles. The lowest BCUT2D eigenvalue weighted by Crippen LogP contribution is -2.59. The average molecular weight is 373 g/mol. The van der Waals surface area contributed by atoms with E-state index >= 15 is 0 Å². The minimum absolute atomic E-state index is 0.105. The zero-order valence-electron chi connectivity index (χ0n) is 17.3. The lowest BCUT2D eigenvalue weighted by Gasteiger charge is -2.57. The summed E-state index contributed by atoms with van der Waals surface area (Å²) in [5.74, 6) is 1.37. The second-order valence-electron chi connectivity index (χ2n) is 11.8. The van der Waals surface area contributed by atoms with Gasteiger partial charge in [0.25, 0.3) is 0 Å². The van der Waals surface area contributed by atoms with Crippen molar-refractivity contribution in [2.75, 3.05) is 7.11 Å². The molecular formula is C24H36O3. The molecule has 2 N–H and O–H groups in total. The molecule has 27 heavy (non-hydrogen) atoms. The number of rotatable bonds is 1. The molecule has 6 rings (SSSR count). The highest BCUT2D eigenvalue weighted by molar-refractivity contribution is 5.41. The lowest BCUT2D eigenvalue weighted by atomic mass is 9.48. The predicted molar refractivity (Wildman–Crippen MR) is 104 cm³/mol. The Hall–Kier alpha value is -0.540. The van der Waals surface area contributed by atoms with Gasteiger partial charge in [-0.2, -0.15) is 0 Å². The van der Waals surface area contributed by atoms with E-state index in [2.05, 4.69) is 13.8 Å². The number of methoxy groups -OCH3 is 1. The Labute approximate surface area is 163 Å². The number of hydrogen-bond donors (Lipinski definition) is 2. The van der Waals surface area contributed by atoms with Crippen LogP contribution in [0.4, 0.5) is 0 Å². The van der Waals surface area contributed by atoms with Crippen molar-refractivity contribution in [3.05, 3.63) is 11.8 Å². The molecule has 6 aliphatic rings. The summed E-state index contributed by atoms with van der Waals surface area (Å²) in [6.07, 6.45) is 15.0. The molecule has 0 aromatic rings. The van der Waals surface area contributed by atoms with Crippen molar-refractivity contribution < 1.29 is 14.9 Å². The van der Waals surface area contributed by atoms with Crippen molar-refractivity contribution in [2.24, 2.45) is 39.4 Å². The third-order valence-corrected chi connectivity index (χ3v) is 11.6. The van der Waals surface area contributed by atoms with Gasteiger partial charge in [0.05, 0.1) is 11.7 Å². The molecular weight excluding hydrogens is 336 g/mol. The van der Waals surface area contributed by atoms with Crippen molar-refractivity contribution in [1.29, 1.82) is 0 Å². The second-order valence-corrected chi connectivity index (χ2v) is 11.8. The van der Waals surface area contributed by atoms with E-state index in [0.717, 1.165) is 6.42 Å². The van der Waals surface area contributed by atoms with Crippen LogP contribution < -0.4 is 0 Å². The Kier molecular flexibility index (Phi) is 3.07. The van der Waals surface area contributed by atoms with Crippen LogP contribution in [0.15, 0.2) is 11.8 Å². The summed E-state index contributed by atoms with van der Waals surface area (Å²) >= 11 is 0. The molecule has 0 aliphatic heterocycles. The van der Waals surface area contributed by atoms with Gasteiger partial charge in [0.15, 0.2) is 0 Å². The monoisotopic (exact) mass is 372 g/mol. The Morgan fingerprint density at radius 3 is 2.52 bits per heavy atom. The van der Waals surface area contributed by atoms with E-state index in [1.165, 1.54) is 57.8 Å². The Bertz CT molecular complexity index is 723. The van der Waals surface area contributed by atoms with Crippen molar-refractivity contribution in [3.63, 3.8) is 0 Å². The first-order valence-corrected chi connectivity index (χ1v) is 11.4. The summed E-state index contributed by atoms with van der Waals surface area (Å²) < 4.78 is 5.77. The Morgan fingerprint density at radius 1 is 1.07 bits per heavy atom. The topological polar surface area (TPSA) is 49.7 Å². The van der Waals surface area contributed by atoms with Crippen LogP contribution in [-0.2, 0) is 4.74 Å². The first kappa shape index (κ1) is 17.3. The van der Waals surface area contributed by atoms with Crippen molar-refractivity contribution >= 4 is 0 Å². The molecule has 0 heterocycles. The van der Waals surface area contributed by atoms with Crippen LogP contribution in [0, 0.1) is 39.4 Å². The highest BCUT2D eigenvalue weighted by Crippen LogP contribution is 2.87. The van der Waals surface area contributed by atoms with Crippen LogP contribution in [0.5, 0.6) is 0 Å². The van der Waals surface area contributed by atoms with Crippen LogP contribution in [-0.4, -0.2) is 29.0 Å². The van der Waals surface area contributed by atoms with Gasteiger partial charge in [0, 0.05) is 12.5 Å². The summed E-state index contributed by atoms with van der Waals surface area (Å²) in [5, 5.41) is 23.1. The van der Waals surface area contributed by atoms with Crippen LogP contribution in [0.3, 0.4) is 0 Å². The molecule has 5 fully saturated rings. The molecule has 0 radical (unpaired) electrons. The summed E-state index contributed by atoms with van der Waals surface area (Å²) in [7, 11) is 1.69. The standard InChI is InChI=1S/C24H36O3/c1-20-13-15-6-9-23(11-10-22(14-23)7-4-5-8-22)21(20,2)18(15)19-16(25)12-17(27-3)24(19,20)26/h12,15,17-19,25-26H,4-11,13-14H2,1-3H3. The van der Waals surface area contributed by atoms with Gasteiger partial charge >= 0.3 is 0 Å². The van der Waals surface area contributed by atoms with Gasteiger partial charge in [-0.3, -0.25) is 0 Å². The van der Waals surface area contributed by atoms with Crippen molar-refractivity contribution in [2.45, 2.75) is 89.8 Å². The maximum Gasteiger partial charge on any atom is 0.110 e. The first-order chi connectivity index (χ1) is 12.8. The van der Waals surface area contributed by atoms with E-state index in [9.17, 15) is 10.2 Å². The number of ether oxygens (including phenoxy) is 1. The van der Waals surface area contributed by atoms with Gasteiger partial charge in [-0.1, -0.05) is 26.7 Å². The maximum atomic E-state index is 12.2. The molecule has 6 aliphatic carbocycles. The zero-order chi connectivity index (χ0) is 18.9. The molecule has 3 nitrogen and oxygen atoms in total. The normalized spacial score (nSPS) is 59.8. The minimum Gasteiger partial charge on any atom is -0.512 e. The molecule has 2 spiro atoms. The molecule has 5 saturated carbocycles. The molecule has 0 aromatic carbocycles. The first-order valence-electron chi connectivity index (χ1n) is 11.4. The molecule has 3 heteroatoms. The number of fused-ring (bicyclic) bond motifs is 2. The van der Waals surface area contributed by atoms with E-state index in [-0.39, 0.29) is 22.9 Å². The van der Waals surface area contributed by atoms with E-state index in [4.69, 9.17) is 4.74 Å². The van der Waals surface area contributed by atoms with Gasteiger partial charge in [-0.25, -0.2) is 0 Å². The van der Waals surface area contributed by atoms with E-state index in [0.29, 0.717) is 28.4 Å². The number of aliphatic hydroxyl groups is 2. The average Bonchev–Trinajstić information content (AvgIpc) is 3.37. The molecule has 0 amide bonds. The van der Waals surface area contributed by atoms with Crippen molar-refractivity contribution in [1.82, 2.24) is 0 Å². The molecule has 0 aromatic heterocycles. The van der Waals surface area contributed by atoms with Gasteiger partial charge in [0.2, 0.25) is 0 Å². The second kappa shape index (κ2) is 4.78. The molecule has 8 atom stereocenters. The fourth-order valence-corrected chi connectivity index (χ4v) is 10.6. The van der Waals surface area contributed by atoms with E-state index in [1.807, 2.05) is 6.08 Å². The molecule has 4 bridgehead atoms. The van der Waals surface area contributed by atoms with E-state index in [1.54, 1.807) is 7.11 Å². The number of hydrogen-bond acceptors (Lipinski definition) is 3. The van der Waals surface area contributed by atoms with Crippen LogP contribution in [0.2, 0.25) is 0 Å². The third kappa shape index (κ3) is 1.54. The Morgan fingerprint density at radius 2 is 1.81 bits per heavy atom. The van der Waals surface area contributed by atoms with Crippen LogP contribution in [0.25, 0.3) is 0 Å². The zero-order valence-corrected chi connectivity index (χ0v) is 17.3. The Balaban J connectivity index is 1.51. The van der Waals surface area contributed by atoms with Crippen molar-refractivity contribution in [3.8, 4) is 0 Å². The number of aliphatic hydroxyl groups excluding tert-OH is 1. The van der Waals surface area contributed by atoms with E-state index < -0.39 is 5.60 Å². The minimum atomic E-state index is -0.940. The smallest absolute Gasteiger partial charge is 0.110 e. The fourth-order valence-electron chi connectivity index (χ4n) is 10.6. The maximum absolute atomic E-state index is 12.2. The fraction of sp³-hybridized carbons (Fsp3) is 0.917. The van der Waals surface area contributed by atoms with Gasteiger partial charge in [-0.05, 0) is 85.5 Å². The van der Waals surface area contributed by atoms with Crippen LogP contribution >= 0.6 is 0 Å². The summed E-state index contributed by atoms with van der Waals surface area (Å²) in [4.78, 5) is 0. The lowest BCUT2D eigenvalue weighted by molar-refractivity contribution is -0.181. The SMILES string of the molecule is COC1C=C(O)C2C3C4CCC5(CCC6(CCCC6)C5)C3(C)C(C)(C4)C12O. The highest BCUT2D eigenvalue weighted by Gasteiger charge is 2.86. The summed E-state index contributed by atoms with van der Waals surface area (Å²) in [5.41, 5.74) is -0.0762. The largest absolute Gasteiger partial charge is 0.512 e. The molecule has 8 unspecified atom stereocenters. The highest BCUT2D eigenvalue weighted by atomic mass is 16.5.